The van der Waals surface area contributed by atoms with Crippen molar-refractivity contribution in [1.82, 2.24) is 9.88 Å². The second kappa shape index (κ2) is 7.54. The zero-order valence-corrected chi connectivity index (χ0v) is 16.8. The zero-order chi connectivity index (χ0) is 19.0. The molecule has 0 aliphatic carbocycles. The van der Waals surface area contributed by atoms with Crippen molar-refractivity contribution in [2.75, 3.05) is 0 Å². The molecule has 1 aromatic heterocycles. The number of halogens is 1. The van der Waals surface area contributed by atoms with Crippen molar-refractivity contribution in [2.45, 2.75) is 24.8 Å². The smallest absolute Gasteiger partial charge is 0.240 e. The van der Waals surface area contributed by atoms with Crippen LogP contribution in [-0.4, -0.2) is 26.2 Å². The predicted octanol–water partition coefficient (Wildman–Crippen LogP) is 4.25. The number of carbonyl (C=O) groups excluding carboxylic acids is 1. The molecule has 0 bridgehead atoms. The van der Waals surface area contributed by atoms with E-state index < -0.39 is 6.04 Å². The number of primary amides is 1. The Kier molecular flexibility index (Phi) is 5.12. The van der Waals surface area contributed by atoms with Crippen LogP contribution in [0.2, 0.25) is 5.02 Å². The molecule has 1 aliphatic heterocycles. The largest absolute Gasteiger partial charge is 0.368 e. The van der Waals surface area contributed by atoms with E-state index in [1.165, 1.54) is 11.8 Å². The molecule has 2 aromatic carbocycles. The fourth-order valence-corrected chi connectivity index (χ4v) is 4.80. The average molecular weight is 416 g/mol. The second-order valence-corrected chi connectivity index (χ2v) is 8.60. The van der Waals surface area contributed by atoms with Crippen molar-refractivity contribution in [3.8, 4) is 0 Å². The van der Waals surface area contributed by atoms with Gasteiger partial charge in [-0.1, -0.05) is 65.9 Å². The van der Waals surface area contributed by atoms with Crippen LogP contribution in [0.5, 0.6) is 0 Å². The molecule has 0 fully saturated rings. The molecule has 1 amide bonds. The van der Waals surface area contributed by atoms with Gasteiger partial charge in [-0.05, 0) is 29.3 Å². The van der Waals surface area contributed by atoms with Crippen LogP contribution in [0.25, 0.3) is 10.9 Å². The summed E-state index contributed by atoms with van der Waals surface area (Å²) in [5, 5.41) is 1.86. The number of para-hydroxylation sites is 1. The summed E-state index contributed by atoms with van der Waals surface area (Å²) in [4.78, 5) is 17.5. The van der Waals surface area contributed by atoms with E-state index in [9.17, 15) is 4.79 Å². The first-order valence-corrected chi connectivity index (χ1v) is 10.4. The first-order valence-electron chi connectivity index (χ1n) is 8.58. The molecule has 7 heteroatoms. The minimum absolute atomic E-state index is 0.347. The number of hydrogen-bond donors (Lipinski definition) is 2. The average Bonchev–Trinajstić information content (AvgIpc) is 3.04. The van der Waals surface area contributed by atoms with E-state index >= 15 is 0 Å². The summed E-state index contributed by atoms with van der Waals surface area (Å²) in [5.41, 5.74) is 10.2. The summed E-state index contributed by atoms with van der Waals surface area (Å²) >= 11 is 13.1. The molecule has 2 heterocycles. The van der Waals surface area contributed by atoms with E-state index in [0.29, 0.717) is 22.3 Å². The number of carbonyl (C=O) groups is 1. The van der Waals surface area contributed by atoms with Gasteiger partial charge in [0.05, 0.1) is 6.54 Å². The van der Waals surface area contributed by atoms with E-state index in [1.807, 2.05) is 47.4 Å². The van der Waals surface area contributed by atoms with Crippen LogP contribution in [0.15, 0.2) is 48.5 Å². The summed E-state index contributed by atoms with van der Waals surface area (Å²) in [6, 6.07) is 15.4. The molecule has 4 nitrogen and oxygen atoms in total. The Bertz CT molecular complexity index is 1020. The molecule has 0 spiro atoms. The number of amides is 1. The number of fused-ring (bicyclic) bond motifs is 3. The third kappa shape index (κ3) is 3.70. The number of hydrogen-bond acceptors (Lipinski definition) is 3. The topological polar surface area (TPSA) is 62.1 Å². The van der Waals surface area contributed by atoms with E-state index in [0.717, 1.165) is 33.5 Å². The number of nitrogens with one attached hydrogen (secondary N) is 1. The molecular formula is C20H18ClN3OS2. The minimum atomic E-state index is -0.429. The predicted molar refractivity (Wildman–Crippen MR) is 116 cm³/mol. The maximum Gasteiger partial charge on any atom is 0.240 e. The van der Waals surface area contributed by atoms with Crippen molar-refractivity contribution < 1.29 is 4.79 Å². The SMILES string of the molecule is NC(=O)[C@@H]1Cc2c([nH]c3ccccc23)CN1C(=S)SCc1ccc(Cl)cc1. The Labute approximate surface area is 172 Å². The number of H-pyrrole nitrogens is 1. The van der Waals surface area contributed by atoms with Crippen molar-refractivity contribution in [2.24, 2.45) is 5.73 Å². The lowest BCUT2D eigenvalue weighted by molar-refractivity contribution is -0.122. The number of benzene rings is 2. The number of nitrogens with two attached hydrogens (primary N) is 1. The highest BCUT2D eigenvalue weighted by atomic mass is 35.5. The van der Waals surface area contributed by atoms with Crippen LogP contribution in [-0.2, 0) is 23.5 Å². The van der Waals surface area contributed by atoms with Crippen molar-refractivity contribution in [1.29, 1.82) is 0 Å². The summed E-state index contributed by atoms with van der Waals surface area (Å²) in [7, 11) is 0. The van der Waals surface area contributed by atoms with Gasteiger partial charge in [0, 0.05) is 33.8 Å². The molecule has 3 aromatic rings. The lowest BCUT2D eigenvalue weighted by Crippen LogP contribution is -2.49. The minimum Gasteiger partial charge on any atom is -0.368 e. The van der Waals surface area contributed by atoms with E-state index in [2.05, 4.69) is 11.1 Å². The Morgan fingerprint density at radius 3 is 2.74 bits per heavy atom. The molecule has 27 heavy (non-hydrogen) atoms. The Morgan fingerprint density at radius 1 is 1.26 bits per heavy atom. The standard InChI is InChI=1S/C20H18ClN3OS2/c21-13-7-5-12(6-8-13)11-27-20(26)24-10-17-15(9-18(24)19(22)25)14-3-1-2-4-16(14)23-17/h1-8,18,23H,9-11H2,(H2,22,25)/t18-/m0/s1. The third-order valence-corrected chi connectivity index (χ3v) is 6.64. The summed E-state index contributed by atoms with van der Waals surface area (Å²) in [6.45, 7) is 0.560. The van der Waals surface area contributed by atoms with Crippen LogP contribution >= 0.6 is 35.6 Å². The second-order valence-electron chi connectivity index (χ2n) is 6.56. The molecule has 3 N–H and O–H groups in total. The zero-order valence-electron chi connectivity index (χ0n) is 14.4. The van der Waals surface area contributed by atoms with Crippen LogP contribution in [0.3, 0.4) is 0 Å². The van der Waals surface area contributed by atoms with Gasteiger partial charge in [-0.15, -0.1) is 0 Å². The van der Waals surface area contributed by atoms with Crippen LogP contribution in [0.4, 0.5) is 0 Å². The monoisotopic (exact) mass is 415 g/mol. The molecular weight excluding hydrogens is 398 g/mol. The van der Waals surface area contributed by atoms with E-state index in [1.54, 1.807) is 0 Å². The fourth-order valence-electron chi connectivity index (χ4n) is 3.46. The Hall–Kier alpha value is -2.02. The highest BCUT2D eigenvalue weighted by molar-refractivity contribution is 8.22. The first-order chi connectivity index (χ1) is 13.0. The maximum absolute atomic E-state index is 12.1. The van der Waals surface area contributed by atoms with Gasteiger partial charge in [0.2, 0.25) is 5.91 Å². The third-order valence-electron chi connectivity index (χ3n) is 4.84. The summed E-state index contributed by atoms with van der Waals surface area (Å²) in [6.07, 6.45) is 0.566. The van der Waals surface area contributed by atoms with Gasteiger partial charge < -0.3 is 15.6 Å². The number of thioether (sulfide) groups is 1. The highest BCUT2D eigenvalue weighted by Gasteiger charge is 2.33. The van der Waals surface area contributed by atoms with Crippen molar-refractivity contribution in [3.05, 3.63) is 70.4 Å². The number of aromatic nitrogens is 1. The summed E-state index contributed by atoms with van der Waals surface area (Å²) < 4.78 is 0.679. The molecule has 1 aliphatic rings. The van der Waals surface area contributed by atoms with Crippen LogP contribution in [0.1, 0.15) is 16.8 Å². The fraction of sp³-hybridized carbons (Fsp3) is 0.200. The molecule has 1 atom stereocenters. The van der Waals surface area contributed by atoms with Gasteiger partial charge in [0.25, 0.3) is 0 Å². The van der Waals surface area contributed by atoms with Gasteiger partial charge in [-0.2, -0.15) is 0 Å². The maximum atomic E-state index is 12.1. The van der Waals surface area contributed by atoms with Crippen LogP contribution < -0.4 is 5.73 Å². The van der Waals surface area contributed by atoms with Crippen molar-refractivity contribution in [3.63, 3.8) is 0 Å². The van der Waals surface area contributed by atoms with Crippen molar-refractivity contribution >= 4 is 56.7 Å². The van der Waals surface area contributed by atoms with E-state index in [-0.39, 0.29) is 5.91 Å². The van der Waals surface area contributed by atoms with Gasteiger partial charge >= 0.3 is 0 Å². The molecule has 0 unspecified atom stereocenters. The molecule has 0 saturated heterocycles. The number of nitrogens with zero attached hydrogens (tertiary/aromatic N) is 1. The van der Waals surface area contributed by atoms with Gasteiger partial charge in [0.15, 0.2) is 0 Å². The quantitative estimate of drug-likeness (QED) is 0.627. The highest BCUT2D eigenvalue weighted by Crippen LogP contribution is 2.32. The summed E-state index contributed by atoms with van der Waals surface area (Å²) in [5.74, 6) is 0.373. The van der Waals surface area contributed by atoms with Gasteiger partial charge in [0.1, 0.15) is 10.4 Å². The lowest BCUT2D eigenvalue weighted by Gasteiger charge is -2.35. The molecule has 4 rings (SSSR count). The Morgan fingerprint density at radius 2 is 2.00 bits per heavy atom. The first kappa shape index (κ1) is 18.3. The lowest BCUT2D eigenvalue weighted by atomic mass is 9.97. The molecule has 138 valence electrons. The Balaban J connectivity index is 1.56. The van der Waals surface area contributed by atoms with Gasteiger partial charge in [-0.25, -0.2) is 0 Å². The number of rotatable bonds is 3. The number of thiocarbonyl (C=S) groups is 1. The molecule has 0 saturated carbocycles. The van der Waals surface area contributed by atoms with E-state index in [4.69, 9.17) is 29.6 Å². The molecule has 0 radical (unpaired) electrons. The van der Waals surface area contributed by atoms with Crippen LogP contribution in [0, 0.1) is 0 Å². The normalized spacial score (nSPS) is 16.3. The number of aromatic amines is 1. The van der Waals surface area contributed by atoms with Gasteiger partial charge in [-0.3, -0.25) is 4.79 Å².